The number of halogens is 1. The Morgan fingerprint density at radius 2 is 2.05 bits per heavy atom. The minimum atomic E-state index is 0.178. The number of thiophene rings is 1. The van der Waals surface area contributed by atoms with Crippen LogP contribution in [0.15, 0.2) is 34.8 Å². The van der Waals surface area contributed by atoms with Crippen LogP contribution in [-0.4, -0.2) is 13.2 Å². The average Bonchev–Trinajstić information content (AvgIpc) is 2.85. The van der Waals surface area contributed by atoms with Crippen molar-refractivity contribution >= 4 is 27.3 Å². The van der Waals surface area contributed by atoms with E-state index in [-0.39, 0.29) is 6.04 Å². The molecular formula is C16H20BrNOS. The molecule has 108 valence electrons. The van der Waals surface area contributed by atoms with Crippen molar-refractivity contribution in [2.75, 3.05) is 13.2 Å². The molecule has 4 heteroatoms. The van der Waals surface area contributed by atoms with E-state index in [9.17, 15) is 0 Å². The second-order valence-electron chi connectivity index (χ2n) is 4.55. The van der Waals surface area contributed by atoms with Gasteiger partial charge in [-0.25, -0.2) is 0 Å². The molecule has 0 spiro atoms. The Morgan fingerprint density at radius 1 is 1.25 bits per heavy atom. The zero-order valence-corrected chi connectivity index (χ0v) is 14.5. The molecular weight excluding hydrogens is 334 g/mol. The van der Waals surface area contributed by atoms with E-state index in [2.05, 4.69) is 53.3 Å². The van der Waals surface area contributed by atoms with Crippen LogP contribution in [0.5, 0.6) is 5.75 Å². The van der Waals surface area contributed by atoms with Crippen molar-refractivity contribution in [1.82, 2.24) is 5.32 Å². The molecule has 1 aromatic carbocycles. The molecule has 1 unspecified atom stereocenters. The summed E-state index contributed by atoms with van der Waals surface area (Å²) in [6.45, 7) is 7.88. The number of hydrogen-bond donors (Lipinski definition) is 1. The van der Waals surface area contributed by atoms with Gasteiger partial charge in [0.15, 0.2) is 0 Å². The van der Waals surface area contributed by atoms with Gasteiger partial charge in [-0.05, 0) is 50.7 Å². The fourth-order valence-corrected chi connectivity index (χ4v) is 3.56. The molecule has 0 radical (unpaired) electrons. The minimum absolute atomic E-state index is 0.178. The van der Waals surface area contributed by atoms with E-state index in [1.165, 1.54) is 15.3 Å². The van der Waals surface area contributed by atoms with Gasteiger partial charge in [-0.1, -0.05) is 22.9 Å². The van der Waals surface area contributed by atoms with Crippen molar-refractivity contribution < 1.29 is 4.74 Å². The number of rotatable bonds is 6. The number of aryl methyl sites for hydroxylation is 1. The first kappa shape index (κ1) is 15.5. The number of benzene rings is 1. The Kier molecular flexibility index (Phi) is 5.64. The Morgan fingerprint density at radius 3 is 2.65 bits per heavy atom. The van der Waals surface area contributed by atoms with Crippen molar-refractivity contribution in [3.8, 4) is 5.75 Å². The molecule has 1 atom stereocenters. The molecule has 0 saturated carbocycles. The van der Waals surface area contributed by atoms with Crippen LogP contribution in [0, 0.1) is 6.92 Å². The van der Waals surface area contributed by atoms with Gasteiger partial charge in [0.2, 0.25) is 0 Å². The molecule has 1 N–H and O–H groups in total. The molecule has 0 fully saturated rings. The smallest absolute Gasteiger partial charge is 0.124 e. The second kappa shape index (κ2) is 7.25. The summed E-state index contributed by atoms with van der Waals surface area (Å²) in [5.74, 6) is 0.952. The van der Waals surface area contributed by atoms with Gasteiger partial charge in [0, 0.05) is 19.8 Å². The third kappa shape index (κ3) is 3.62. The molecule has 0 amide bonds. The van der Waals surface area contributed by atoms with Gasteiger partial charge in [-0.2, -0.15) is 0 Å². The molecule has 0 aliphatic rings. The van der Waals surface area contributed by atoms with E-state index >= 15 is 0 Å². The average molecular weight is 354 g/mol. The van der Waals surface area contributed by atoms with Gasteiger partial charge in [0.1, 0.15) is 5.75 Å². The van der Waals surface area contributed by atoms with Crippen LogP contribution in [0.1, 0.15) is 35.2 Å². The first-order valence-corrected chi connectivity index (χ1v) is 8.48. The topological polar surface area (TPSA) is 21.3 Å². The monoisotopic (exact) mass is 353 g/mol. The Hall–Kier alpha value is -0.840. The van der Waals surface area contributed by atoms with Crippen molar-refractivity contribution in [2.45, 2.75) is 26.8 Å². The summed E-state index contributed by atoms with van der Waals surface area (Å²) in [6.07, 6.45) is 0. The van der Waals surface area contributed by atoms with E-state index < -0.39 is 0 Å². The molecule has 0 aliphatic heterocycles. The molecule has 1 aromatic heterocycles. The summed E-state index contributed by atoms with van der Waals surface area (Å²) in [4.78, 5) is 2.65. The lowest BCUT2D eigenvalue weighted by atomic mass is 10.0. The highest BCUT2D eigenvalue weighted by atomic mass is 79.9. The Balaban J connectivity index is 2.45. The summed E-state index contributed by atoms with van der Waals surface area (Å²) < 4.78 is 6.87. The van der Waals surface area contributed by atoms with E-state index in [0.717, 1.165) is 16.8 Å². The van der Waals surface area contributed by atoms with Crippen LogP contribution >= 0.6 is 27.3 Å². The van der Waals surface area contributed by atoms with Crippen LogP contribution < -0.4 is 10.1 Å². The molecule has 0 saturated heterocycles. The van der Waals surface area contributed by atoms with Crippen molar-refractivity contribution in [1.29, 1.82) is 0 Å². The van der Waals surface area contributed by atoms with E-state index in [4.69, 9.17) is 4.74 Å². The van der Waals surface area contributed by atoms with Gasteiger partial charge in [0.25, 0.3) is 0 Å². The molecule has 0 bridgehead atoms. The summed E-state index contributed by atoms with van der Waals surface area (Å²) >= 11 is 5.39. The third-order valence-electron chi connectivity index (χ3n) is 3.04. The van der Waals surface area contributed by atoms with Gasteiger partial charge in [-0.15, -0.1) is 11.3 Å². The lowest BCUT2D eigenvalue weighted by Crippen LogP contribution is -2.21. The largest absolute Gasteiger partial charge is 0.494 e. The Labute approximate surface area is 133 Å². The van der Waals surface area contributed by atoms with Gasteiger partial charge in [-0.3, -0.25) is 0 Å². The second-order valence-corrected chi connectivity index (χ2v) is 6.79. The van der Waals surface area contributed by atoms with E-state index in [1.54, 1.807) is 0 Å². The maximum atomic E-state index is 5.79. The summed E-state index contributed by atoms with van der Waals surface area (Å²) in [7, 11) is 0. The molecule has 20 heavy (non-hydrogen) atoms. The summed E-state index contributed by atoms with van der Waals surface area (Å²) in [6, 6.07) is 10.8. The van der Waals surface area contributed by atoms with Crippen LogP contribution in [-0.2, 0) is 0 Å². The van der Waals surface area contributed by atoms with Gasteiger partial charge >= 0.3 is 0 Å². The first-order chi connectivity index (χ1) is 9.65. The fraction of sp³-hybridized carbons (Fsp3) is 0.375. The standard InChI is InChI=1S/C16H20BrNOS/c1-4-18-16(15-9-6-11(3)20-15)13-10-12(17)7-8-14(13)19-5-2/h6-10,16,18H,4-5H2,1-3H3. The Bertz CT molecular complexity index is 567. The third-order valence-corrected chi connectivity index (χ3v) is 4.60. The molecule has 2 rings (SSSR count). The van der Waals surface area contributed by atoms with Crippen LogP contribution in [0.25, 0.3) is 0 Å². The summed E-state index contributed by atoms with van der Waals surface area (Å²) in [5.41, 5.74) is 1.19. The molecule has 2 nitrogen and oxygen atoms in total. The highest BCUT2D eigenvalue weighted by Gasteiger charge is 2.19. The predicted molar refractivity (Wildman–Crippen MR) is 89.9 cm³/mol. The van der Waals surface area contributed by atoms with Crippen LogP contribution in [0.4, 0.5) is 0 Å². The van der Waals surface area contributed by atoms with Crippen molar-refractivity contribution in [3.05, 3.63) is 50.1 Å². The van der Waals surface area contributed by atoms with Crippen LogP contribution in [0.2, 0.25) is 0 Å². The van der Waals surface area contributed by atoms with E-state index in [0.29, 0.717) is 6.61 Å². The fourth-order valence-electron chi connectivity index (χ4n) is 2.21. The van der Waals surface area contributed by atoms with Crippen molar-refractivity contribution in [2.24, 2.45) is 0 Å². The normalized spacial score (nSPS) is 12.4. The minimum Gasteiger partial charge on any atom is -0.494 e. The summed E-state index contributed by atoms with van der Waals surface area (Å²) in [5, 5.41) is 3.56. The molecule has 1 heterocycles. The lowest BCUT2D eigenvalue weighted by molar-refractivity contribution is 0.333. The van der Waals surface area contributed by atoms with Gasteiger partial charge < -0.3 is 10.1 Å². The van der Waals surface area contributed by atoms with Gasteiger partial charge in [0.05, 0.1) is 12.6 Å². The molecule has 2 aromatic rings. The van der Waals surface area contributed by atoms with E-state index in [1.807, 2.05) is 30.4 Å². The highest BCUT2D eigenvalue weighted by Crippen LogP contribution is 2.35. The zero-order chi connectivity index (χ0) is 14.5. The first-order valence-electron chi connectivity index (χ1n) is 6.87. The maximum Gasteiger partial charge on any atom is 0.124 e. The maximum absolute atomic E-state index is 5.79. The SMILES string of the molecule is CCNC(c1ccc(C)s1)c1cc(Br)ccc1OCC. The molecule has 0 aliphatic carbocycles. The zero-order valence-electron chi connectivity index (χ0n) is 12.1. The number of nitrogens with one attached hydrogen (secondary N) is 1. The number of hydrogen-bond acceptors (Lipinski definition) is 3. The van der Waals surface area contributed by atoms with Crippen molar-refractivity contribution in [3.63, 3.8) is 0 Å². The van der Waals surface area contributed by atoms with Crippen LogP contribution in [0.3, 0.4) is 0 Å². The predicted octanol–water partition coefficient (Wildman–Crippen LogP) is 4.92. The lowest BCUT2D eigenvalue weighted by Gasteiger charge is -2.20. The quantitative estimate of drug-likeness (QED) is 0.795. The highest BCUT2D eigenvalue weighted by molar-refractivity contribution is 9.10. The number of ether oxygens (including phenoxy) is 1.